The van der Waals surface area contributed by atoms with E-state index < -0.39 is 0 Å². The Hall–Kier alpha value is -0.280. The average Bonchev–Trinajstić information content (AvgIpc) is 2.79. The van der Waals surface area contributed by atoms with Gasteiger partial charge >= 0.3 is 0 Å². The van der Waals surface area contributed by atoms with Gasteiger partial charge in [0.1, 0.15) is 0 Å². The minimum atomic E-state index is 0.566. The van der Waals surface area contributed by atoms with Gasteiger partial charge in [-0.2, -0.15) is 0 Å². The Kier molecular flexibility index (Phi) is 5.11. The van der Waals surface area contributed by atoms with E-state index in [2.05, 4.69) is 5.32 Å². The normalized spacial score (nSPS) is 19.8. The second-order valence-corrected chi connectivity index (χ2v) is 5.28. The van der Waals surface area contributed by atoms with Crippen LogP contribution in [0, 0.1) is 5.92 Å². The standard InChI is InChI=1S/C13H17Cl2NO/c14-12-2-1-11(13(15)7-12)9-17-6-4-10-3-5-16-8-10/h1-2,7,10,16H,3-6,8-9H2. The summed E-state index contributed by atoms with van der Waals surface area (Å²) in [6.07, 6.45) is 2.39. The van der Waals surface area contributed by atoms with Gasteiger partial charge in [0, 0.05) is 16.7 Å². The highest BCUT2D eigenvalue weighted by Crippen LogP contribution is 2.21. The zero-order chi connectivity index (χ0) is 12.1. The highest BCUT2D eigenvalue weighted by Gasteiger charge is 2.13. The zero-order valence-corrected chi connectivity index (χ0v) is 11.2. The lowest BCUT2D eigenvalue weighted by molar-refractivity contribution is 0.109. The topological polar surface area (TPSA) is 21.3 Å². The van der Waals surface area contributed by atoms with E-state index in [1.54, 1.807) is 6.07 Å². The van der Waals surface area contributed by atoms with Crippen LogP contribution < -0.4 is 5.32 Å². The molecule has 1 heterocycles. The third-order valence-corrected chi connectivity index (χ3v) is 3.69. The number of hydrogen-bond acceptors (Lipinski definition) is 2. The molecular weight excluding hydrogens is 257 g/mol. The predicted octanol–water partition coefficient (Wildman–Crippen LogP) is 3.51. The number of benzene rings is 1. The first-order chi connectivity index (χ1) is 8.25. The summed E-state index contributed by atoms with van der Waals surface area (Å²) < 4.78 is 5.65. The molecule has 1 saturated heterocycles. The third-order valence-electron chi connectivity index (χ3n) is 3.11. The molecule has 0 aliphatic carbocycles. The Morgan fingerprint density at radius 1 is 1.35 bits per heavy atom. The van der Waals surface area contributed by atoms with Gasteiger partial charge in [-0.3, -0.25) is 0 Å². The quantitative estimate of drug-likeness (QED) is 0.830. The molecule has 0 aromatic heterocycles. The van der Waals surface area contributed by atoms with Crippen LogP contribution in [-0.4, -0.2) is 19.7 Å². The smallest absolute Gasteiger partial charge is 0.0731 e. The molecule has 0 radical (unpaired) electrons. The van der Waals surface area contributed by atoms with Crippen LogP contribution in [0.4, 0.5) is 0 Å². The first-order valence-corrected chi connectivity index (χ1v) is 6.73. The second-order valence-electron chi connectivity index (χ2n) is 4.44. The summed E-state index contributed by atoms with van der Waals surface area (Å²) in [7, 11) is 0. The molecule has 1 fully saturated rings. The Morgan fingerprint density at radius 2 is 2.24 bits per heavy atom. The lowest BCUT2D eigenvalue weighted by Crippen LogP contribution is -2.10. The molecule has 1 aromatic rings. The molecule has 94 valence electrons. The fourth-order valence-corrected chi connectivity index (χ4v) is 2.49. The Balaban J connectivity index is 1.70. The van der Waals surface area contributed by atoms with E-state index in [0.29, 0.717) is 16.7 Å². The van der Waals surface area contributed by atoms with Crippen molar-refractivity contribution < 1.29 is 4.74 Å². The lowest BCUT2D eigenvalue weighted by atomic mass is 10.1. The van der Waals surface area contributed by atoms with Crippen molar-refractivity contribution in [1.82, 2.24) is 5.32 Å². The minimum Gasteiger partial charge on any atom is -0.377 e. The first kappa shape index (κ1) is 13.2. The Labute approximate surface area is 112 Å². The van der Waals surface area contributed by atoms with Crippen molar-refractivity contribution in [2.24, 2.45) is 5.92 Å². The van der Waals surface area contributed by atoms with Gasteiger partial charge < -0.3 is 10.1 Å². The summed E-state index contributed by atoms with van der Waals surface area (Å²) in [6, 6.07) is 5.51. The number of rotatable bonds is 5. The maximum absolute atomic E-state index is 6.06. The number of nitrogens with one attached hydrogen (secondary N) is 1. The summed E-state index contributed by atoms with van der Waals surface area (Å²) in [4.78, 5) is 0. The van der Waals surface area contributed by atoms with Crippen LogP contribution in [0.1, 0.15) is 18.4 Å². The van der Waals surface area contributed by atoms with Gasteiger partial charge in [0.15, 0.2) is 0 Å². The third kappa shape index (κ3) is 4.14. The number of hydrogen-bond donors (Lipinski definition) is 1. The zero-order valence-electron chi connectivity index (χ0n) is 9.72. The van der Waals surface area contributed by atoms with Crippen molar-refractivity contribution in [3.63, 3.8) is 0 Å². The van der Waals surface area contributed by atoms with Crippen molar-refractivity contribution in [3.8, 4) is 0 Å². The molecule has 0 spiro atoms. The van der Waals surface area contributed by atoms with Crippen molar-refractivity contribution in [1.29, 1.82) is 0 Å². The van der Waals surface area contributed by atoms with E-state index in [4.69, 9.17) is 27.9 Å². The van der Waals surface area contributed by atoms with Crippen LogP contribution >= 0.6 is 23.2 Å². The molecule has 1 unspecified atom stereocenters. The monoisotopic (exact) mass is 273 g/mol. The van der Waals surface area contributed by atoms with Gasteiger partial charge in [-0.25, -0.2) is 0 Å². The molecule has 2 nitrogen and oxygen atoms in total. The van der Waals surface area contributed by atoms with Crippen molar-refractivity contribution in [2.75, 3.05) is 19.7 Å². The summed E-state index contributed by atoms with van der Waals surface area (Å²) in [5.74, 6) is 0.774. The van der Waals surface area contributed by atoms with Crippen LogP contribution in [0.5, 0.6) is 0 Å². The lowest BCUT2D eigenvalue weighted by Gasteiger charge is -2.09. The largest absolute Gasteiger partial charge is 0.377 e. The molecule has 1 aliphatic heterocycles. The summed E-state index contributed by atoms with van der Waals surface area (Å²) >= 11 is 11.9. The van der Waals surface area contributed by atoms with Crippen LogP contribution in [0.2, 0.25) is 10.0 Å². The highest BCUT2D eigenvalue weighted by atomic mass is 35.5. The van der Waals surface area contributed by atoms with Gasteiger partial charge in [0.05, 0.1) is 6.61 Å². The minimum absolute atomic E-state index is 0.566. The maximum Gasteiger partial charge on any atom is 0.0731 e. The SMILES string of the molecule is Clc1ccc(COCCC2CCNC2)c(Cl)c1. The molecule has 0 saturated carbocycles. The van der Waals surface area contributed by atoms with E-state index in [9.17, 15) is 0 Å². The average molecular weight is 274 g/mol. The van der Waals surface area contributed by atoms with E-state index >= 15 is 0 Å². The number of halogens is 2. The predicted molar refractivity (Wildman–Crippen MR) is 71.7 cm³/mol. The Bertz CT molecular complexity index is 364. The highest BCUT2D eigenvalue weighted by molar-refractivity contribution is 6.35. The van der Waals surface area contributed by atoms with Gasteiger partial charge in [-0.1, -0.05) is 29.3 Å². The van der Waals surface area contributed by atoms with E-state index in [-0.39, 0.29) is 0 Å². The van der Waals surface area contributed by atoms with Crippen molar-refractivity contribution >= 4 is 23.2 Å². The molecule has 0 amide bonds. The molecule has 1 N–H and O–H groups in total. The molecular formula is C13H17Cl2NO. The molecule has 1 aromatic carbocycles. The molecule has 17 heavy (non-hydrogen) atoms. The van der Waals surface area contributed by atoms with E-state index in [0.717, 1.165) is 37.6 Å². The van der Waals surface area contributed by atoms with E-state index in [1.807, 2.05) is 12.1 Å². The van der Waals surface area contributed by atoms with Crippen LogP contribution in [0.3, 0.4) is 0 Å². The Morgan fingerprint density at radius 3 is 2.94 bits per heavy atom. The summed E-state index contributed by atoms with van der Waals surface area (Å²) in [6.45, 7) is 3.64. The molecule has 1 atom stereocenters. The fourth-order valence-electron chi connectivity index (χ4n) is 2.03. The maximum atomic E-state index is 6.06. The van der Waals surface area contributed by atoms with Gasteiger partial charge in [0.25, 0.3) is 0 Å². The van der Waals surface area contributed by atoms with Gasteiger partial charge in [-0.05, 0) is 49.5 Å². The summed E-state index contributed by atoms with van der Waals surface area (Å²) in [5.41, 5.74) is 1.00. The van der Waals surface area contributed by atoms with Crippen LogP contribution in [0.25, 0.3) is 0 Å². The van der Waals surface area contributed by atoms with Crippen LogP contribution in [-0.2, 0) is 11.3 Å². The van der Waals surface area contributed by atoms with Gasteiger partial charge in [-0.15, -0.1) is 0 Å². The first-order valence-electron chi connectivity index (χ1n) is 5.98. The van der Waals surface area contributed by atoms with Crippen molar-refractivity contribution in [3.05, 3.63) is 33.8 Å². The second kappa shape index (κ2) is 6.60. The molecule has 2 rings (SSSR count). The number of ether oxygens (including phenoxy) is 1. The van der Waals surface area contributed by atoms with Crippen molar-refractivity contribution in [2.45, 2.75) is 19.4 Å². The van der Waals surface area contributed by atoms with E-state index in [1.165, 1.54) is 6.42 Å². The molecule has 4 heteroatoms. The van der Waals surface area contributed by atoms with Gasteiger partial charge in [0.2, 0.25) is 0 Å². The molecule has 0 bridgehead atoms. The fraction of sp³-hybridized carbons (Fsp3) is 0.538. The van der Waals surface area contributed by atoms with Crippen LogP contribution in [0.15, 0.2) is 18.2 Å². The molecule has 1 aliphatic rings. The summed E-state index contributed by atoms with van der Waals surface area (Å²) in [5, 5.41) is 4.70.